The zero-order valence-electron chi connectivity index (χ0n) is 16.2. The molecule has 0 spiro atoms. The molecule has 4 amide bonds. The number of hydrogen-bond donors (Lipinski definition) is 2. The molecular weight excluding hydrogens is 433 g/mol. The van der Waals surface area contributed by atoms with Gasteiger partial charge in [-0.2, -0.15) is 0 Å². The molecule has 0 radical (unpaired) electrons. The summed E-state index contributed by atoms with van der Waals surface area (Å²) in [4.78, 5) is 40.0. The Morgan fingerprint density at radius 1 is 1.24 bits per heavy atom. The Bertz CT molecular complexity index is 948. The van der Waals surface area contributed by atoms with Gasteiger partial charge in [0, 0.05) is 4.88 Å². The zero-order valence-corrected chi connectivity index (χ0v) is 18.5. The van der Waals surface area contributed by atoms with Gasteiger partial charge in [-0.25, -0.2) is 4.79 Å². The van der Waals surface area contributed by atoms with Crippen LogP contribution in [0.25, 0.3) is 0 Å². The largest absolute Gasteiger partial charge is 0.347 e. The van der Waals surface area contributed by atoms with Crippen molar-refractivity contribution in [2.45, 2.75) is 32.4 Å². The fourth-order valence-corrected chi connectivity index (χ4v) is 4.49. The van der Waals surface area contributed by atoms with Crippen molar-refractivity contribution in [2.24, 2.45) is 5.92 Å². The van der Waals surface area contributed by atoms with Crippen LogP contribution in [0.15, 0.2) is 35.7 Å². The van der Waals surface area contributed by atoms with Gasteiger partial charge in [-0.05, 0) is 42.0 Å². The number of amides is 4. The minimum atomic E-state index is -1.32. The van der Waals surface area contributed by atoms with Crippen LogP contribution in [-0.2, 0) is 15.1 Å². The van der Waals surface area contributed by atoms with Crippen molar-refractivity contribution in [3.05, 3.63) is 56.2 Å². The second kappa shape index (κ2) is 8.34. The fourth-order valence-electron chi connectivity index (χ4n) is 3.24. The highest BCUT2D eigenvalue weighted by Gasteiger charge is 2.49. The van der Waals surface area contributed by atoms with Gasteiger partial charge in [0.25, 0.3) is 5.91 Å². The van der Waals surface area contributed by atoms with Gasteiger partial charge in [-0.15, -0.1) is 11.3 Å². The Labute approximate surface area is 183 Å². The first-order valence-electron chi connectivity index (χ1n) is 9.06. The summed E-state index contributed by atoms with van der Waals surface area (Å²) in [5, 5.41) is 8.16. The summed E-state index contributed by atoms with van der Waals surface area (Å²) in [6, 6.07) is 7.78. The van der Waals surface area contributed by atoms with Crippen molar-refractivity contribution in [2.75, 3.05) is 6.54 Å². The third kappa shape index (κ3) is 4.27. The van der Waals surface area contributed by atoms with E-state index >= 15 is 0 Å². The van der Waals surface area contributed by atoms with Crippen LogP contribution in [0.5, 0.6) is 0 Å². The molecule has 9 heteroatoms. The Balaban J connectivity index is 1.76. The van der Waals surface area contributed by atoms with E-state index in [4.69, 9.17) is 23.2 Å². The molecule has 1 aliphatic heterocycles. The highest BCUT2D eigenvalue weighted by Crippen LogP contribution is 2.33. The Morgan fingerprint density at radius 2 is 1.97 bits per heavy atom. The van der Waals surface area contributed by atoms with Crippen molar-refractivity contribution < 1.29 is 14.4 Å². The molecule has 2 unspecified atom stereocenters. The SMILES string of the molecule is CC(C)C(NC(=O)CN1C(=O)NC(C)(c2ccc(Cl)c(Cl)c2)C1=O)c1cccs1. The summed E-state index contributed by atoms with van der Waals surface area (Å²) in [5.41, 5.74) is -0.830. The van der Waals surface area contributed by atoms with Crippen LogP contribution in [0.3, 0.4) is 0 Å². The average Bonchev–Trinajstić information content (AvgIpc) is 3.25. The second-order valence-corrected chi connectivity index (χ2v) is 9.17. The van der Waals surface area contributed by atoms with Crippen LogP contribution >= 0.6 is 34.5 Å². The molecule has 29 heavy (non-hydrogen) atoms. The lowest BCUT2D eigenvalue weighted by atomic mass is 9.92. The number of imide groups is 1. The van der Waals surface area contributed by atoms with Crippen LogP contribution in [0, 0.1) is 5.92 Å². The lowest BCUT2D eigenvalue weighted by molar-refractivity contribution is -0.135. The first kappa shape index (κ1) is 21.6. The minimum Gasteiger partial charge on any atom is -0.347 e. The number of nitrogens with zero attached hydrogens (tertiary/aromatic N) is 1. The number of hydrogen-bond acceptors (Lipinski definition) is 4. The maximum atomic E-state index is 13.0. The van der Waals surface area contributed by atoms with Crippen molar-refractivity contribution in [1.29, 1.82) is 0 Å². The van der Waals surface area contributed by atoms with Crippen molar-refractivity contribution in [3.8, 4) is 0 Å². The molecule has 1 saturated heterocycles. The van der Waals surface area contributed by atoms with E-state index in [2.05, 4.69) is 10.6 Å². The van der Waals surface area contributed by atoms with Gasteiger partial charge in [-0.1, -0.05) is 49.2 Å². The smallest absolute Gasteiger partial charge is 0.325 e. The van der Waals surface area contributed by atoms with Gasteiger partial charge in [0.05, 0.1) is 16.1 Å². The van der Waals surface area contributed by atoms with E-state index in [0.29, 0.717) is 10.6 Å². The molecule has 0 aliphatic carbocycles. The minimum absolute atomic E-state index is 0.155. The van der Waals surface area contributed by atoms with E-state index < -0.39 is 23.4 Å². The van der Waals surface area contributed by atoms with Gasteiger partial charge < -0.3 is 10.6 Å². The summed E-state index contributed by atoms with van der Waals surface area (Å²) >= 11 is 13.6. The molecule has 1 aliphatic rings. The predicted octanol–water partition coefficient (Wildman–Crippen LogP) is 4.34. The number of nitrogens with one attached hydrogen (secondary N) is 2. The standard InChI is InChI=1S/C20H21Cl2N3O3S/c1-11(2)17(15-5-4-8-29-15)23-16(26)10-25-18(27)20(3,24-19(25)28)12-6-7-13(21)14(22)9-12/h4-9,11,17H,10H2,1-3H3,(H,23,26)(H,24,28). The lowest BCUT2D eigenvalue weighted by Crippen LogP contribution is -2.44. The van der Waals surface area contributed by atoms with E-state index in [9.17, 15) is 14.4 Å². The lowest BCUT2D eigenvalue weighted by Gasteiger charge is -2.24. The van der Waals surface area contributed by atoms with Crippen LogP contribution < -0.4 is 10.6 Å². The molecule has 1 aromatic carbocycles. The van der Waals surface area contributed by atoms with Crippen molar-refractivity contribution in [3.63, 3.8) is 0 Å². The fraction of sp³-hybridized carbons (Fsp3) is 0.350. The first-order chi connectivity index (χ1) is 13.6. The second-order valence-electron chi connectivity index (χ2n) is 7.38. The number of rotatable bonds is 6. The monoisotopic (exact) mass is 453 g/mol. The third-order valence-corrected chi connectivity index (χ3v) is 6.60. The summed E-state index contributed by atoms with van der Waals surface area (Å²) in [5.74, 6) is -0.769. The molecule has 2 aromatic rings. The summed E-state index contributed by atoms with van der Waals surface area (Å²) < 4.78 is 0. The van der Waals surface area contributed by atoms with E-state index in [-0.39, 0.29) is 23.5 Å². The third-order valence-electron chi connectivity index (χ3n) is 4.91. The Kier molecular flexibility index (Phi) is 6.22. The van der Waals surface area contributed by atoms with Crippen LogP contribution in [0.1, 0.15) is 37.3 Å². The van der Waals surface area contributed by atoms with Crippen LogP contribution in [0.2, 0.25) is 10.0 Å². The molecule has 6 nitrogen and oxygen atoms in total. The molecule has 1 fully saturated rings. The summed E-state index contributed by atoms with van der Waals surface area (Å²) in [6.07, 6.45) is 0. The topological polar surface area (TPSA) is 78.5 Å². The van der Waals surface area contributed by atoms with Crippen molar-refractivity contribution >= 4 is 52.4 Å². The molecule has 1 aromatic heterocycles. The Hall–Kier alpha value is -2.09. The molecule has 154 valence electrons. The number of urea groups is 1. The maximum Gasteiger partial charge on any atom is 0.325 e. The quantitative estimate of drug-likeness (QED) is 0.638. The van der Waals surface area contributed by atoms with Crippen molar-refractivity contribution in [1.82, 2.24) is 15.5 Å². The number of carbonyl (C=O) groups is 3. The van der Waals surface area contributed by atoms with Crippen LogP contribution in [0.4, 0.5) is 4.79 Å². The average molecular weight is 454 g/mol. The predicted molar refractivity (Wildman–Crippen MR) is 114 cm³/mol. The molecule has 2 atom stereocenters. The number of carbonyl (C=O) groups excluding carboxylic acids is 3. The maximum absolute atomic E-state index is 13.0. The zero-order chi connectivity index (χ0) is 21.3. The van der Waals surface area contributed by atoms with Gasteiger partial charge in [0.1, 0.15) is 12.1 Å². The van der Waals surface area contributed by atoms with Gasteiger partial charge in [0.15, 0.2) is 0 Å². The normalized spacial score (nSPS) is 20.1. The molecule has 2 N–H and O–H groups in total. The van der Waals surface area contributed by atoms with E-state index in [0.717, 1.165) is 9.78 Å². The van der Waals surface area contributed by atoms with Gasteiger partial charge in [-0.3, -0.25) is 14.5 Å². The van der Waals surface area contributed by atoms with E-state index in [1.165, 1.54) is 6.07 Å². The number of thiophene rings is 1. The highest BCUT2D eigenvalue weighted by molar-refractivity contribution is 7.10. The van der Waals surface area contributed by atoms with Crippen LogP contribution in [-0.4, -0.2) is 29.3 Å². The highest BCUT2D eigenvalue weighted by atomic mass is 35.5. The Morgan fingerprint density at radius 3 is 2.55 bits per heavy atom. The van der Waals surface area contributed by atoms with E-state index in [1.807, 2.05) is 31.4 Å². The van der Waals surface area contributed by atoms with Gasteiger partial charge in [0.2, 0.25) is 5.91 Å². The molecule has 0 bridgehead atoms. The van der Waals surface area contributed by atoms with E-state index in [1.54, 1.807) is 30.4 Å². The summed E-state index contributed by atoms with van der Waals surface area (Å²) in [6.45, 7) is 5.21. The van der Waals surface area contributed by atoms with Gasteiger partial charge >= 0.3 is 6.03 Å². The summed E-state index contributed by atoms with van der Waals surface area (Å²) in [7, 11) is 0. The first-order valence-corrected chi connectivity index (χ1v) is 10.7. The number of halogens is 2. The number of benzene rings is 1. The molecular formula is C20H21Cl2N3O3S. The molecule has 2 heterocycles. The molecule has 3 rings (SSSR count). The molecule has 0 saturated carbocycles.